The number of fused-ring (bicyclic) bond motifs is 5. The van der Waals surface area contributed by atoms with Crippen molar-refractivity contribution < 1.29 is 42.9 Å². The van der Waals surface area contributed by atoms with Crippen molar-refractivity contribution in [2.45, 2.75) is 85.2 Å². The smallest absolute Gasteiger partial charge is 0.410 e. The summed E-state index contributed by atoms with van der Waals surface area (Å²) >= 11 is 0. The third kappa shape index (κ3) is 6.37. The Kier molecular flexibility index (Phi) is 8.24. The molecule has 5 rings (SSSR count). The maximum Gasteiger partial charge on any atom is 0.410 e. The lowest BCUT2D eigenvalue weighted by molar-refractivity contribution is -0.152. The van der Waals surface area contributed by atoms with E-state index in [2.05, 4.69) is 25.2 Å². The monoisotopic (exact) mass is 599 g/mol. The molecule has 4 aliphatic rings. The Morgan fingerprint density at radius 1 is 1.12 bits per heavy atom. The fourth-order valence-electron chi connectivity index (χ4n) is 5.94. The van der Waals surface area contributed by atoms with Gasteiger partial charge in [0.25, 0.3) is 0 Å². The van der Waals surface area contributed by atoms with Gasteiger partial charge in [0.05, 0.1) is 26.8 Å². The Morgan fingerprint density at radius 3 is 2.60 bits per heavy atom. The Labute approximate surface area is 251 Å². The summed E-state index contributed by atoms with van der Waals surface area (Å²) in [4.78, 5) is 55.9. The minimum absolute atomic E-state index is 0.0212. The van der Waals surface area contributed by atoms with Crippen LogP contribution in [-0.2, 0) is 36.9 Å². The number of rotatable bonds is 1. The number of carbonyl (C=O) groups excluding carboxylic acids is 4. The third-order valence-electron chi connectivity index (χ3n) is 8.50. The number of hydrogen-bond acceptors (Lipinski definition) is 9. The van der Waals surface area contributed by atoms with Gasteiger partial charge in [-0.15, -0.1) is 0 Å². The molecular weight excluding hydrogens is 558 g/mol. The fraction of sp³-hybridized carbons (Fsp3) is 0.613. The summed E-state index contributed by atoms with van der Waals surface area (Å²) in [6.45, 7) is 10.5. The van der Waals surface area contributed by atoms with Gasteiger partial charge in [-0.2, -0.15) is 0 Å². The SMILES string of the molecule is COC(=O)C1C[C@@H]2CN1C(=O)[C@H](C(C)(C)C)NC(=O)OCCC(C)(C)CC=Cc1c3c(cc4c1OCO4)CN(C3)C(=O)O2. The van der Waals surface area contributed by atoms with E-state index in [0.717, 1.165) is 16.7 Å². The Bertz CT molecular complexity index is 1330. The molecule has 1 N–H and O–H groups in total. The molecular formula is C31H41N3O9. The first-order chi connectivity index (χ1) is 20.3. The van der Waals surface area contributed by atoms with Gasteiger partial charge in [0.2, 0.25) is 12.7 Å². The van der Waals surface area contributed by atoms with E-state index >= 15 is 0 Å². The molecule has 1 saturated heterocycles. The van der Waals surface area contributed by atoms with E-state index in [0.29, 0.717) is 37.4 Å². The molecule has 0 aliphatic carbocycles. The van der Waals surface area contributed by atoms with Crippen molar-refractivity contribution in [3.8, 4) is 11.5 Å². The van der Waals surface area contributed by atoms with E-state index in [9.17, 15) is 19.2 Å². The molecule has 12 heteroatoms. The molecule has 1 fully saturated rings. The summed E-state index contributed by atoms with van der Waals surface area (Å²) in [6.07, 6.45) is 3.39. The van der Waals surface area contributed by atoms with Gasteiger partial charge in [-0.25, -0.2) is 14.4 Å². The van der Waals surface area contributed by atoms with E-state index in [1.807, 2.05) is 32.9 Å². The zero-order chi connectivity index (χ0) is 31.1. The van der Waals surface area contributed by atoms with Gasteiger partial charge in [0, 0.05) is 18.5 Å². The van der Waals surface area contributed by atoms with Crippen LogP contribution in [0.1, 0.15) is 70.6 Å². The highest BCUT2D eigenvalue weighted by Crippen LogP contribution is 2.44. The second kappa shape index (κ2) is 11.6. The normalized spacial score (nSPS) is 25.6. The van der Waals surface area contributed by atoms with E-state index in [1.54, 1.807) is 4.90 Å². The summed E-state index contributed by atoms with van der Waals surface area (Å²) in [5, 5.41) is 2.72. The average Bonchev–Trinajstić information content (AvgIpc) is 3.67. The molecule has 4 heterocycles. The number of allylic oxidation sites excluding steroid dienone is 1. The first-order valence-electron chi connectivity index (χ1n) is 14.7. The Morgan fingerprint density at radius 2 is 1.88 bits per heavy atom. The van der Waals surface area contributed by atoms with Gasteiger partial charge in [0.15, 0.2) is 11.5 Å². The number of hydrogen-bond donors (Lipinski definition) is 1. The van der Waals surface area contributed by atoms with Crippen LogP contribution >= 0.6 is 0 Å². The number of esters is 1. The van der Waals surface area contributed by atoms with Crippen LogP contribution in [0.3, 0.4) is 0 Å². The molecule has 1 unspecified atom stereocenters. The summed E-state index contributed by atoms with van der Waals surface area (Å²) in [6, 6.07) is -0.0717. The fourth-order valence-corrected chi connectivity index (χ4v) is 5.94. The first-order valence-corrected chi connectivity index (χ1v) is 14.7. The van der Waals surface area contributed by atoms with Crippen LogP contribution in [0, 0.1) is 10.8 Å². The molecule has 0 radical (unpaired) electrons. The summed E-state index contributed by atoms with van der Waals surface area (Å²) in [5.74, 6) is 0.169. The summed E-state index contributed by atoms with van der Waals surface area (Å²) in [7, 11) is 1.24. The van der Waals surface area contributed by atoms with Crippen LogP contribution in [0.15, 0.2) is 12.1 Å². The van der Waals surface area contributed by atoms with Crippen molar-refractivity contribution in [2.75, 3.05) is 27.1 Å². The number of amides is 3. The lowest BCUT2D eigenvalue weighted by Gasteiger charge is -2.34. The van der Waals surface area contributed by atoms with Crippen molar-refractivity contribution in [1.82, 2.24) is 15.1 Å². The van der Waals surface area contributed by atoms with E-state index < -0.39 is 47.7 Å². The molecule has 0 spiro atoms. The predicted octanol–water partition coefficient (Wildman–Crippen LogP) is 3.98. The minimum atomic E-state index is -0.999. The highest BCUT2D eigenvalue weighted by Gasteiger charge is 2.47. The number of ether oxygens (including phenoxy) is 5. The largest absolute Gasteiger partial charge is 0.467 e. The number of benzene rings is 1. The molecule has 4 bridgehead atoms. The second-order valence-electron chi connectivity index (χ2n) is 13.4. The number of nitrogens with one attached hydrogen (secondary N) is 1. The molecule has 43 heavy (non-hydrogen) atoms. The van der Waals surface area contributed by atoms with E-state index in [-0.39, 0.29) is 31.8 Å². The maximum atomic E-state index is 13.9. The second-order valence-corrected chi connectivity index (χ2v) is 13.4. The van der Waals surface area contributed by atoms with Gasteiger partial charge in [-0.05, 0) is 40.9 Å². The Balaban J connectivity index is 1.47. The van der Waals surface area contributed by atoms with Crippen molar-refractivity contribution in [2.24, 2.45) is 10.8 Å². The van der Waals surface area contributed by atoms with Gasteiger partial charge in [-0.1, -0.05) is 46.8 Å². The number of methoxy groups -OCH3 is 1. The van der Waals surface area contributed by atoms with E-state index in [1.165, 1.54) is 12.0 Å². The number of nitrogens with zero attached hydrogens (tertiary/aromatic N) is 2. The van der Waals surface area contributed by atoms with Crippen LogP contribution in [-0.4, -0.2) is 79.1 Å². The molecule has 3 amide bonds. The number of alkyl carbamates (subject to hydrolysis) is 1. The van der Waals surface area contributed by atoms with Crippen LogP contribution in [0.5, 0.6) is 11.5 Å². The summed E-state index contributed by atoms with van der Waals surface area (Å²) in [5.41, 5.74) is 1.84. The minimum Gasteiger partial charge on any atom is -0.467 e. The van der Waals surface area contributed by atoms with Gasteiger partial charge >= 0.3 is 18.2 Å². The standard InChI is InChI=1S/C31H41N3O9/c1-30(2,3)25-26(35)34-15-19(13-22(34)27(36)39-6)43-29(38)33-14-18-12-23-24(42-17-41-23)20(21(18)16-33)8-7-9-31(4,5)10-11-40-28(37)32-25/h7-8,12,19,22,25H,9-11,13-17H2,1-6H3,(H,32,37)/t19-,22?,25-/m1/s1. The van der Waals surface area contributed by atoms with Crippen LogP contribution in [0.25, 0.3) is 6.08 Å². The van der Waals surface area contributed by atoms with Crippen molar-refractivity contribution in [3.05, 3.63) is 28.8 Å². The molecule has 234 valence electrons. The molecule has 4 aliphatic heterocycles. The number of carbonyl (C=O) groups is 4. The van der Waals surface area contributed by atoms with Crippen LogP contribution in [0.4, 0.5) is 9.59 Å². The van der Waals surface area contributed by atoms with Gasteiger partial charge in [0.1, 0.15) is 18.2 Å². The van der Waals surface area contributed by atoms with Gasteiger partial charge < -0.3 is 33.9 Å². The molecule has 12 nitrogen and oxygen atoms in total. The number of cyclic esters (lactones) is 1. The lowest BCUT2D eigenvalue weighted by Crippen LogP contribution is -2.57. The van der Waals surface area contributed by atoms with Crippen LogP contribution < -0.4 is 14.8 Å². The molecule has 1 aromatic rings. The molecule has 0 aromatic heterocycles. The maximum absolute atomic E-state index is 13.9. The Hall–Kier alpha value is -3.96. The average molecular weight is 600 g/mol. The van der Waals surface area contributed by atoms with Crippen LogP contribution in [0.2, 0.25) is 0 Å². The molecule has 0 saturated carbocycles. The highest BCUT2D eigenvalue weighted by molar-refractivity contribution is 5.91. The summed E-state index contributed by atoms with van der Waals surface area (Å²) < 4.78 is 27.8. The first kappa shape index (κ1) is 30.5. The zero-order valence-electron chi connectivity index (χ0n) is 25.7. The molecule has 1 aromatic carbocycles. The van der Waals surface area contributed by atoms with Crippen molar-refractivity contribution in [1.29, 1.82) is 0 Å². The lowest BCUT2D eigenvalue weighted by atomic mass is 9.85. The van der Waals surface area contributed by atoms with Gasteiger partial charge in [-0.3, -0.25) is 9.69 Å². The predicted molar refractivity (Wildman–Crippen MR) is 154 cm³/mol. The van der Waals surface area contributed by atoms with Crippen molar-refractivity contribution >= 4 is 30.1 Å². The molecule has 3 atom stereocenters. The highest BCUT2D eigenvalue weighted by atomic mass is 16.7. The third-order valence-corrected chi connectivity index (χ3v) is 8.50. The topological polar surface area (TPSA) is 133 Å². The zero-order valence-corrected chi connectivity index (χ0v) is 25.7. The quantitative estimate of drug-likeness (QED) is 0.376. The van der Waals surface area contributed by atoms with E-state index in [4.69, 9.17) is 23.7 Å². The van der Waals surface area contributed by atoms with Crippen molar-refractivity contribution in [3.63, 3.8) is 0 Å².